The van der Waals surface area contributed by atoms with Gasteiger partial charge in [-0.2, -0.15) is 0 Å². The number of rotatable bonds is 12. The van der Waals surface area contributed by atoms with E-state index in [2.05, 4.69) is 37.5 Å². The topological polar surface area (TPSA) is 119 Å². The predicted octanol–water partition coefficient (Wildman–Crippen LogP) is 5.71. The summed E-state index contributed by atoms with van der Waals surface area (Å²) in [4.78, 5) is 37.1. The number of hydrogen-bond acceptors (Lipinski definition) is 7. The van der Waals surface area contributed by atoms with E-state index in [1.807, 2.05) is 32.9 Å². The van der Waals surface area contributed by atoms with E-state index in [4.69, 9.17) is 18.9 Å². The van der Waals surface area contributed by atoms with Crippen LogP contribution in [-0.4, -0.2) is 61.0 Å². The third-order valence-electron chi connectivity index (χ3n) is 8.81. The van der Waals surface area contributed by atoms with Gasteiger partial charge in [0.1, 0.15) is 29.2 Å². The van der Waals surface area contributed by atoms with Gasteiger partial charge in [-0.05, 0) is 64.2 Å². The lowest BCUT2D eigenvalue weighted by Crippen LogP contribution is -2.56. The van der Waals surface area contributed by atoms with Crippen molar-refractivity contribution < 1.29 is 33.3 Å². The van der Waals surface area contributed by atoms with E-state index in [1.54, 1.807) is 19.2 Å². The lowest BCUT2D eigenvalue weighted by Gasteiger charge is -2.42. The molecular weight excluding hydrogens is 536 g/mol. The minimum Gasteiger partial charge on any atom is -0.443 e. The number of anilines is 1. The van der Waals surface area contributed by atoms with Crippen LogP contribution in [0.1, 0.15) is 85.6 Å². The minimum absolute atomic E-state index is 0.0288. The van der Waals surface area contributed by atoms with Crippen molar-refractivity contribution >= 4 is 23.5 Å². The molecule has 232 valence electrons. The molecule has 2 N–H and O–H groups in total. The van der Waals surface area contributed by atoms with Crippen molar-refractivity contribution in [1.82, 2.24) is 5.32 Å². The van der Waals surface area contributed by atoms with E-state index >= 15 is 0 Å². The molecule has 3 aliphatic rings. The van der Waals surface area contributed by atoms with Gasteiger partial charge in [0.15, 0.2) is 0 Å². The number of benzene rings is 1. The Labute approximate surface area is 250 Å². The molecule has 2 aliphatic heterocycles. The fraction of sp³-hybridized carbons (Fsp3) is 0.667. The zero-order chi connectivity index (χ0) is 30.7. The first-order chi connectivity index (χ1) is 19.8. The number of allylic oxidation sites excluding steroid dienone is 1. The van der Waals surface area contributed by atoms with Crippen molar-refractivity contribution in [2.24, 2.45) is 11.3 Å². The second-order valence-electron chi connectivity index (χ2n) is 13.4. The molecule has 4 rings (SSSR count). The Morgan fingerprint density at radius 1 is 1.12 bits per heavy atom. The van der Waals surface area contributed by atoms with Crippen LogP contribution in [0.3, 0.4) is 0 Å². The standard InChI is InChI=1S/C33H48N2O7/c1-21(2)11-16-26-32(6,42-26)29-28(39-7)24(17-18-33(29)20-40-33)41-30(38)34-19-22-12-14-23(15-13-22)35-27(37)10-8-9-25(36)31(3,4)5/h11-15,24,26,28-29H,8-10,16-20H2,1-7H3,(H,34,38)(H,35,37)/t24-,26-,28-,29-,32?,33+/m0/s1. The van der Waals surface area contributed by atoms with Gasteiger partial charge in [0, 0.05) is 37.6 Å². The third kappa shape index (κ3) is 7.79. The van der Waals surface area contributed by atoms with Crippen molar-refractivity contribution in [3.63, 3.8) is 0 Å². The average molecular weight is 585 g/mol. The Morgan fingerprint density at radius 3 is 2.40 bits per heavy atom. The van der Waals surface area contributed by atoms with Gasteiger partial charge >= 0.3 is 6.09 Å². The van der Waals surface area contributed by atoms with Gasteiger partial charge in [0.2, 0.25) is 5.91 Å². The second-order valence-corrected chi connectivity index (χ2v) is 13.4. The maximum atomic E-state index is 12.8. The van der Waals surface area contributed by atoms with Crippen LogP contribution in [0.15, 0.2) is 35.9 Å². The number of alkyl carbamates (subject to hydrolysis) is 1. The summed E-state index contributed by atoms with van der Waals surface area (Å²) in [5.74, 6) is -0.00172. The van der Waals surface area contributed by atoms with Crippen LogP contribution < -0.4 is 10.6 Å². The molecule has 0 aromatic heterocycles. The Morgan fingerprint density at radius 2 is 1.81 bits per heavy atom. The highest BCUT2D eigenvalue weighted by Crippen LogP contribution is 2.59. The molecule has 9 heteroatoms. The molecule has 1 saturated carbocycles. The van der Waals surface area contributed by atoms with E-state index in [-0.39, 0.29) is 59.4 Å². The average Bonchev–Trinajstić information content (AvgIpc) is 3.84. The lowest BCUT2D eigenvalue weighted by molar-refractivity contribution is -0.126. The SMILES string of the molecule is CO[C@H]1[C@@H](OC(=O)NCc2ccc(NC(=O)CCCC(=O)C(C)(C)C)cc2)CC[C@@]2(CO2)[C@@H]1C1(C)O[C@H]1CC=C(C)C. The highest BCUT2D eigenvalue weighted by Gasteiger charge is 2.72. The molecule has 1 unspecified atom stereocenters. The van der Waals surface area contributed by atoms with Crippen molar-refractivity contribution in [3.8, 4) is 0 Å². The summed E-state index contributed by atoms with van der Waals surface area (Å²) in [5, 5.41) is 5.70. The molecule has 9 nitrogen and oxygen atoms in total. The van der Waals surface area contributed by atoms with Gasteiger partial charge in [-0.15, -0.1) is 0 Å². The number of ether oxygens (including phenoxy) is 4. The number of methoxy groups -OCH3 is 1. The fourth-order valence-corrected chi connectivity index (χ4v) is 6.14. The molecule has 1 aliphatic carbocycles. The maximum Gasteiger partial charge on any atom is 0.407 e. The summed E-state index contributed by atoms with van der Waals surface area (Å²) in [5.41, 5.74) is 1.76. The van der Waals surface area contributed by atoms with E-state index in [0.717, 1.165) is 18.4 Å². The van der Waals surface area contributed by atoms with Crippen molar-refractivity contribution in [2.45, 2.75) is 116 Å². The summed E-state index contributed by atoms with van der Waals surface area (Å²) in [6.45, 7) is 12.9. The van der Waals surface area contributed by atoms with Crippen LogP contribution in [0.25, 0.3) is 0 Å². The normalized spacial score (nSPS) is 29.9. The molecule has 1 spiro atoms. The van der Waals surface area contributed by atoms with Gasteiger partial charge < -0.3 is 29.6 Å². The number of carbonyl (C=O) groups excluding carboxylic acids is 3. The van der Waals surface area contributed by atoms with Gasteiger partial charge in [-0.1, -0.05) is 44.6 Å². The summed E-state index contributed by atoms with van der Waals surface area (Å²) in [6.07, 6.45) is 4.55. The number of Topliss-reactive ketones (excluding diaryl/α,β-unsaturated/α-hetero) is 1. The molecule has 3 fully saturated rings. The van der Waals surface area contributed by atoms with Crippen LogP contribution in [0, 0.1) is 11.3 Å². The summed E-state index contributed by atoms with van der Waals surface area (Å²) in [7, 11) is 1.66. The highest BCUT2D eigenvalue weighted by atomic mass is 16.6. The van der Waals surface area contributed by atoms with E-state index < -0.39 is 12.2 Å². The summed E-state index contributed by atoms with van der Waals surface area (Å²) >= 11 is 0. The van der Waals surface area contributed by atoms with Crippen molar-refractivity contribution in [1.29, 1.82) is 0 Å². The van der Waals surface area contributed by atoms with Crippen LogP contribution in [0.2, 0.25) is 0 Å². The first kappa shape index (κ1) is 32.2. The molecule has 1 aromatic rings. The van der Waals surface area contributed by atoms with Crippen LogP contribution in [0.5, 0.6) is 0 Å². The van der Waals surface area contributed by atoms with E-state index in [9.17, 15) is 14.4 Å². The molecular formula is C33H48N2O7. The molecule has 0 radical (unpaired) electrons. The van der Waals surface area contributed by atoms with Gasteiger partial charge in [0.25, 0.3) is 0 Å². The van der Waals surface area contributed by atoms with Gasteiger partial charge in [-0.3, -0.25) is 9.59 Å². The zero-order valence-corrected chi connectivity index (χ0v) is 26.2. The molecule has 1 aromatic carbocycles. The number of epoxide rings is 2. The maximum absolute atomic E-state index is 12.8. The van der Waals surface area contributed by atoms with Crippen LogP contribution in [0.4, 0.5) is 10.5 Å². The molecule has 2 amide bonds. The Kier molecular flexibility index (Phi) is 9.85. The lowest BCUT2D eigenvalue weighted by atomic mass is 9.68. The first-order valence-electron chi connectivity index (χ1n) is 15.1. The summed E-state index contributed by atoms with van der Waals surface area (Å²) in [6, 6.07) is 7.29. The molecule has 2 saturated heterocycles. The molecule has 42 heavy (non-hydrogen) atoms. The first-order valence-corrected chi connectivity index (χ1v) is 15.1. The number of ketones is 1. The summed E-state index contributed by atoms with van der Waals surface area (Å²) < 4.78 is 24.1. The quantitative estimate of drug-likeness (QED) is 0.238. The van der Waals surface area contributed by atoms with Crippen LogP contribution in [-0.2, 0) is 35.1 Å². The predicted molar refractivity (Wildman–Crippen MR) is 160 cm³/mol. The second kappa shape index (κ2) is 12.9. The Balaban J connectivity index is 1.24. The Bertz CT molecular complexity index is 1160. The fourth-order valence-electron chi connectivity index (χ4n) is 6.14. The van der Waals surface area contributed by atoms with Gasteiger partial charge in [0.05, 0.1) is 18.6 Å². The largest absolute Gasteiger partial charge is 0.443 e. The van der Waals surface area contributed by atoms with Crippen molar-refractivity contribution in [2.75, 3.05) is 19.0 Å². The Hall–Kier alpha value is -2.75. The van der Waals surface area contributed by atoms with E-state index in [1.165, 1.54) is 5.57 Å². The van der Waals surface area contributed by atoms with E-state index in [0.29, 0.717) is 31.6 Å². The minimum atomic E-state index is -0.501. The number of amides is 2. The number of hydrogen-bond donors (Lipinski definition) is 2. The smallest absolute Gasteiger partial charge is 0.407 e. The zero-order valence-electron chi connectivity index (χ0n) is 26.2. The van der Waals surface area contributed by atoms with Gasteiger partial charge in [-0.25, -0.2) is 4.79 Å². The van der Waals surface area contributed by atoms with Crippen molar-refractivity contribution in [3.05, 3.63) is 41.5 Å². The highest BCUT2D eigenvalue weighted by molar-refractivity contribution is 5.91. The molecule has 6 atom stereocenters. The monoisotopic (exact) mass is 584 g/mol. The number of carbonyl (C=O) groups is 3. The molecule has 2 heterocycles. The number of nitrogens with one attached hydrogen (secondary N) is 2. The molecule has 0 bridgehead atoms. The van der Waals surface area contributed by atoms with Crippen LogP contribution >= 0.6 is 0 Å². The third-order valence-corrected chi connectivity index (χ3v) is 8.81.